The lowest BCUT2D eigenvalue weighted by Crippen LogP contribution is -2.25. The van der Waals surface area contributed by atoms with Crippen LogP contribution in [0.15, 0.2) is 43.0 Å². The maximum Gasteiger partial charge on any atom is 0.147 e. The minimum atomic E-state index is -0.0834. The van der Waals surface area contributed by atoms with Crippen molar-refractivity contribution in [1.29, 1.82) is 0 Å². The molecule has 0 N–H and O–H groups in total. The van der Waals surface area contributed by atoms with Gasteiger partial charge in [0.05, 0.1) is 6.10 Å². The highest BCUT2D eigenvalue weighted by Crippen LogP contribution is 2.40. The maximum atomic E-state index is 5.83. The van der Waals surface area contributed by atoms with Crippen molar-refractivity contribution < 1.29 is 9.47 Å². The number of ether oxygens (including phenoxy) is 2. The van der Waals surface area contributed by atoms with Crippen molar-refractivity contribution in [2.45, 2.75) is 26.4 Å². The molecule has 1 rings (SSSR count). The second-order valence-electron chi connectivity index (χ2n) is 4.43. The predicted octanol–water partition coefficient (Wildman–Crippen LogP) is 3.95. The third kappa shape index (κ3) is 3.42. The quantitative estimate of drug-likeness (QED) is 0.525. The predicted molar refractivity (Wildman–Crippen MR) is 70.7 cm³/mol. The normalized spacial score (nSPS) is 16.2. The molecule has 0 aromatic heterocycles. The lowest BCUT2D eigenvalue weighted by atomic mass is 9.78. The fourth-order valence-electron chi connectivity index (χ4n) is 1.87. The van der Waals surface area contributed by atoms with Crippen molar-refractivity contribution in [2.24, 2.45) is 5.41 Å². The van der Waals surface area contributed by atoms with Gasteiger partial charge in [0.25, 0.3) is 0 Å². The first-order valence-electron chi connectivity index (χ1n) is 5.97. The molecule has 0 heterocycles. The summed E-state index contributed by atoms with van der Waals surface area (Å²) in [7, 11) is 1.64. The molecule has 0 radical (unpaired) electrons. The summed E-state index contributed by atoms with van der Waals surface area (Å²) in [5, 5.41) is 0. The van der Waals surface area contributed by atoms with Gasteiger partial charge in [-0.2, -0.15) is 0 Å². The van der Waals surface area contributed by atoms with Crippen LogP contribution in [0.25, 0.3) is 0 Å². The smallest absolute Gasteiger partial charge is 0.147 e. The summed E-state index contributed by atoms with van der Waals surface area (Å²) in [5.41, 5.74) is 1.08. The molecule has 2 nitrogen and oxygen atoms in total. The number of rotatable bonds is 7. The van der Waals surface area contributed by atoms with E-state index >= 15 is 0 Å². The van der Waals surface area contributed by atoms with Crippen molar-refractivity contribution in [3.63, 3.8) is 0 Å². The maximum absolute atomic E-state index is 5.83. The van der Waals surface area contributed by atoms with Crippen LogP contribution in [0.2, 0.25) is 0 Å². The zero-order valence-corrected chi connectivity index (χ0v) is 11.0. The zero-order valence-electron chi connectivity index (χ0n) is 11.0. The minimum absolute atomic E-state index is 0.0221. The number of benzene rings is 1. The molecule has 0 aliphatic heterocycles. The third-order valence-corrected chi connectivity index (χ3v) is 3.28. The summed E-state index contributed by atoms with van der Waals surface area (Å²) in [6.45, 7) is 8.54. The molecule has 0 amide bonds. The second-order valence-corrected chi connectivity index (χ2v) is 4.43. The van der Waals surface area contributed by atoms with E-state index in [2.05, 4.69) is 32.6 Å². The van der Waals surface area contributed by atoms with Gasteiger partial charge in [-0.15, -0.1) is 6.58 Å². The van der Waals surface area contributed by atoms with E-state index in [0.717, 1.165) is 12.0 Å². The highest BCUT2D eigenvalue weighted by molar-refractivity contribution is 5.21. The van der Waals surface area contributed by atoms with E-state index in [1.54, 1.807) is 7.11 Å². The Morgan fingerprint density at radius 1 is 1.35 bits per heavy atom. The largest absolute Gasteiger partial charge is 0.359 e. The van der Waals surface area contributed by atoms with Crippen LogP contribution in [0.5, 0.6) is 0 Å². The third-order valence-electron chi connectivity index (χ3n) is 3.28. The zero-order chi connectivity index (χ0) is 12.7. The molecule has 1 aromatic carbocycles. The van der Waals surface area contributed by atoms with Crippen LogP contribution in [0.3, 0.4) is 0 Å². The van der Waals surface area contributed by atoms with Gasteiger partial charge in [0, 0.05) is 12.5 Å². The summed E-state index contributed by atoms with van der Waals surface area (Å²) >= 11 is 0. The van der Waals surface area contributed by atoms with E-state index in [1.807, 2.05) is 24.3 Å². The van der Waals surface area contributed by atoms with E-state index in [4.69, 9.17) is 9.47 Å². The van der Waals surface area contributed by atoms with Crippen molar-refractivity contribution in [1.82, 2.24) is 0 Å². The molecule has 2 atom stereocenters. The van der Waals surface area contributed by atoms with E-state index in [0.29, 0.717) is 6.79 Å². The second kappa shape index (κ2) is 6.58. The highest BCUT2D eigenvalue weighted by atomic mass is 16.7. The summed E-state index contributed by atoms with van der Waals surface area (Å²) in [6, 6.07) is 10.2. The van der Waals surface area contributed by atoms with Gasteiger partial charge in [-0.1, -0.05) is 50.3 Å². The lowest BCUT2D eigenvalue weighted by Gasteiger charge is -2.34. The summed E-state index contributed by atoms with van der Waals surface area (Å²) in [4.78, 5) is 0. The molecular formula is C15H22O2. The van der Waals surface area contributed by atoms with Gasteiger partial charge in [0.2, 0.25) is 0 Å². The minimum Gasteiger partial charge on any atom is -0.359 e. The Kier molecular flexibility index (Phi) is 5.39. The molecule has 0 unspecified atom stereocenters. The SMILES string of the molecule is C=C[C@@](C)(CC)[C@H](OCOC)c1ccccc1. The molecule has 94 valence electrons. The molecule has 0 saturated carbocycles. The van der Waals surface area contributed by atoms with Crippen molar-refractivity contribution in [2.75, 3.05) is 13.9 Å². The summed E-state index contributed by atoms with van der Waals surface area (Å²) in [6.07, 6.45) is 2.92. The highest BCUT2D eigenvalue weighted by Gasteiger charge is 2.31. The van der Waals surface area contributed by atoms with Crippen molar-refractivity contribution in [3.05, 3.63) is 48.6 Å². The number of hydrogen-bond donors (Lipinski definition) is 0. The van der Waals surface area contributed by atoms with Crippen LogP contribution < -0.4 is 0 Å². The first-order chi connectivity index (χ1) is 8.18. The van der Waals surface area contributed by atoms with Gasteiger partial charge in [-0.25, -0.2) is 0 Å². The van der Waals surface area contributed by atoms with Crippen molar-refractivity contribution in [3.8, 4) is 0 Å². The monoisotopic (exact) mass is 234 g/mol. The van der Waals surface area contributed by atoms with Gasteiger partial charge < -0.3 is 9.47 Å². The first-order valence-corrected chi connectivity index (χ1v) is 5.97. The van der Waals surface area contributed by atoms with Crippen LogP contribution in [0, 0.1) is 5.41 Å². The Bertz CT molecular complexity index is 334. The Morgan fingerprint density at radius 3 is 2.47 bits per heavy atom. The van der Waals surface area contributed by atoms with E-state index in [-0.39, 0.29) is 11.5 Å². The first kappa shape index (κ1) is 13.9. The molecule has 0 bridgehead atoms. The van der Waals surface area contributed by atoms with Gasteiger partial charge in [-0.3, -0.25) is 0 Å². The van der Waals surface area contributed by atoms with Crippen LogP contribution in [0.4, 0.5) is 0 Å². The molecule has 0 saturated heterocycles. The molecule has 17 heavy (non-hydrogen) atoms. The van der Waals surface area contributed by atoms with Gasteiger partial charge in [0.15, 0.2) is 0 Å². The average molecular weight is 234 g/mol. The van der Waals surface area contributed by atoms with Crippen LogP contribution in [0.1, 0.15) is 31.9 Å². The van der Waals surface area contributed by atoms with Crippen molar-refractivity contribution >= 4 is 0 Å². The number of methoxy groups -OCH3 is 1. The lowest BCUT2D eigenvalue weighted by molar-refractivity contribution is -0.107. The molecule has 2 heteroatoms. The molecule has 0 aliphatic rings. The standard InChI is InChI=1S/C15H22O2/c1-5-15(3,6-2)14(17-12-16-4)13-10-8-7-9-11-13/h5,7-11,14H,1,6,12H2,2-4H3/t14-,15+/m1/s1. The summed E-state index contributed by atoms with van der Waals surface area (Å²) < 4.78 is 10.9. The fraction of sp³-hybridized carbons (Fsp3) is 0.467. The number of hydrogen-bond acceptors (Lipinski definition) is 2. The Labute approximate surface area is 104 Å². The Morgan fingerprint density at radius 2 is 2.00 bits per heavy atom. The van der Waals surface area contributed by atoms with Crippen LogP contribution >= 0.6 is 0 Å². The summed E-state index contributed by atoms with van der Waals surface area (Å²) in [5.74, 6) is 0. The molecular weight excluding hydrogens is 212 g/mol. The Hall–Kier alpha value is -1.12. The van der Waals surface area contributed by atoms with Crippen LogP contribution in [-0.2, 0) is 9.47 Å². The molecule has 0 fully saturated rings. The van der Waals surface area contributed by atoms with E-state index in [9.17, 15) is 0 Å². The average Bonchev–Trinajstić information content (AvgIpc) is 2.40. The van der Waals surface area contributed by atoms with Gasteiger partial charge in [0.1, 0.15) is 6.79 Å². The van der Waals surface area contributed by atoms with Crippen LogP contribution in [-0.4, -0.2) is 13.9 Å². The molecule has 0 spiro atoms. The van der Waals surface area contributed by atoms with E-state index < -0.39 is 0 Å². The topological polar surface area (TPSA) is 18.5 Å². The Balaban J connectivity index is 2.99. The fourth-order valence-corrected chi connectivity index (χ4v) is 1.87. The molecule has 0 aliphatic carbocycles. The van der Waals surface area contributed by atoms with E-state index in [1.165, 1.54) is 0 Å². The van der Waals surface area contributed by atoms with Gasteiger partial charge in [-0.05, 0) is 12.0 Å². The van der Waals surface area contributed by atoms with Gasteiger partial charge >= 0.3 is 0 Å². The molecule has 1 aromatic rings.